The van der Waals surface area contributed by atoms with Gasteiger partial charge in [0, 0.05) is 17.7 Å². The molecule has 0 saturated heterocycles. The van der Waals surface area contributed by atoms with Gasteiger partial charge in [-0.15, -0.1) is 11.3 Å². The highest BCUT2D eigenvalue weighted by molar-refractivity contribution is 7.14. The molecule has 0 aliphatic rings. The molecule has 0 aliphatic carbocycles. The number of rotatable bonds is 5. The van der Waals surface area contributed by atoms with Gasteiger partial charge in [0.15, 0.2) is 0 Å². The Hall–Kier alpha value is -1.07. The van der Waals surface area contributed by atoms with Crippen molar-refractivity contribution in [2.45, 2.75) is 26.8 Å². The molecular weight excluding hydrogens is 236 g/mol. The first-order valence-electron chi connectivity index (χ1n) is 5.61. The summed E-state index contributed by atoms with van der Waals surface area (Å²) in [4.78, 5) is 13.6. The standard InChI is InChI=1S/C12H20N2O2S/c1-7(2)10(6-16-4)14-12(15)11-5-9(13)8(3)17-11/h5,7,10H,6,13H2,1-4H3,(H,14,15). The van der Waals surface area contributed by atoms with E-state index in [0.717, 1.165) is 4.88 Å². The Balaban J connectivity index is 2.70. The third-order valence-corrected chi connectivity index (χ3v) is 3.71. The highest BCUT2D eigenvalue weighted by atomic mass is 32.1. The summed E-state index contributed by atoms with van der Waals surface area (Å²) in [5.41, 5.74) is 6.41. The van der Waals surface area contributed by atoms with Crippen molar-refractivity contribution in [2.24, 2.45) is 5.92 Å². The maximum absolute atomic E-state index is 12.0. The van der Waals surface area contributed by atoms with Gasteiger partial charge in [-0.2, -0.15) is 0 Å². The molecule has 1 amide bonds. The van der Waals surface area contributed by atoms with E-state index in [4.69, 9.17) is 10.5 Å². The van der Waals surface area contributed by atoms with E-state index in [9.17, 15) is 4.79 Å². The van der Waals surface area contributed by atoms with Gasteiger partial charge in [0.1, 0.15) is 0 Å². The number of nitrogen functional groups attached to an aromatic ring is 1. The van der Waals surface area contributed by atoms with E-state index in [0.29, 0.717) is 23.1 Å². The summed E-state index contributed by atoms with van der Waals surface area (Å²) in [6, 6.07) is 1.75. The number of nitrogens with one attached hydrogen (secondary N) is 1. The molecule has 17 heavy (non-hydrogen) atoms. The van der Waals surface area contributed by atoms with Gasteiger partial charge in [0.25, 0.3) is 5.91 Å². The molecule has 5 heteroatoms. The van der Waals surface area contributed by atoms with Crippen LogP contribution in [-0.2, 0) is 4.74 Å². The minimum atomic E-state index is -0.0782. The lowest BCUT2D eigenvalue weighted by atomic mass is 10.1. The molecule has 1 heterocycles. The Bertz CT molecular complexity index is 368. The lowest BCUT2D eigenvalue weighted by Crippen LogP contribution is -2.41. The topological polar surface area (TPSA) is 64.3 Å². The Morgan fingerprint density at radius 1 is 1.59 bits per heavy atom. The SMILES string of the molecule is COCC(NC(=O)c1cc(N)c(C)s1)C(C)C. The fraction of sp³-hybridized carbons (Fsp3) is 0.583. The monoisotopic (exact) mass is 256 g/mol. The molecule has 1 aromatic rings. The maximum atomic E-state index is 12.0. The summed E-state index contributed by atoms with van der Waals surface area (Å²) in [5.74, 6) is 0.253. The molecule has 0 spiro atoms. The van der Waals surface area contributed by atoms with Crippen LogP contribution < -0.4 is 11.1 Å². The molecule has 0 aromatic carbocycles. The van der Waals surface area contributed by atoms with E-state index in [1.54, 1.807) is 13.2 Å². The van der Waals surface area contributed by atoms with Crippen LogP contribution >= 0.6 is 11.3 Å². The Kier molecular flexibility index (Phi) is 4.96. The summed E-state index contributed by atoms with van der Waals surface area (Å²) in [7, 11) is 1.63. The van der Waals surface area contributed by atoms with Crippen LogP contribution in [0.2, 0.25) is 0 Å². The van der Waals surface area contributed by atoms with Crippen molar-refractivity contribution >= 4 is 22.9 Å². The van der Waals surface area contributed by atoms with Gasteiger partial charge in [-0.1, -0.05) is 13.8 Å². The molecule has 3 N–H and O–H groups in total. The quantitative estimate of drug-likeness (QED) is 0.847. The van der Waals surface area contributed by atoms with E-state index in [2.05, 4.69) is 19.2 Å². The van der Waals surface area contributed by atoms with Crippen LogP contribution in [0.4, 0.5) is 5.69 Å². The minimum Gasteiger partial charge on any atom is -0.398 e. The van der Waals surface area contributed by atoms with E-state index < -0.39 is 0 Å². The zero-order valence-corrected chi connectivity index (χ0v) is 11.6. The van der Waals surface area contributed by atoms with E-state index in [-0.39, 0.29) is 11.9 Å². The molecular formula is C12H20N2O2S. The minimum absolute atomic E-state index is 0.0242. The molecule has 1 rings (SSSR count). The molecule has 0 aliphatic heterocycles. The predicted molar refractivity (Wildman–Crippen MR) is 71.4 cm³/mol. The van der Waals surface area contributed by atoms with Crippen LogP contribution in [-0.4, -0.2) is 25.7 Å². The average molecular weight is 256 g/mol. The highest BCUT2D eigenvalue weighted by Gasteiger charge is 2.18. The number of hydrogen-bond donors (Lipinski definition) is 2. The van der Waals surface area contributed by atoms with Gasteiger partial charge in [-0.05, 0) is 18.9 Å². The van der Waals surface area contributed by atoms with E-state index >= 15 is 0 Å². The first-order valence-corrected chi connectivity index (χ1v) is 6.43. The number of anilines is 1. The largest absolute Gasteiger partial charge is 0.398 e. The summed E-state index contributed by atoms with van der Waals surface area (Å²) in [6.45, 7) is 6.53. The van der Waals surface area contributed by atoms with Crippen molar-refractivity contribution < 1.29 is 9.53 Å². The fourth-order valence-electron chi connectivity index (χ4n) is 1.43. The summed E-state index contributed by atoms with van der Waals surface area (Å²) >= 11 is 1.42. The number of amides is 1. The zero-order chi connectivity index (χ0) is 13.0. The van der Waals surface area contributed by atoms with Gasteiger partial charge in [-0.25, -0.2) is 0 Å². The number of hydrogen-bond acceptors (Lipinski definition) is 4. The van der Waals surface area contributed by atoms with E-state index in [1.165, 1.54) is 11.3 Å². The Morgan fingerprint density at radius 3 is 2.65 bits per heavy atom. The number of aryl methyl sites for hydroxylation is 1. The third-order valence-electron chi connectivity index (χ3n) is 2.65. The van der Waals surface area contributed by atoms with Gasteiger partial charge >= 0.3 is 0 Å². The van der Waals surface area contributed by atoms with Crippen LogP contribution in [0.1, 0.15) is 28.4 Å². The maximum Gasteiger partial charge on any atom is 0.261 e. The molecule has 1 aromatic heterocycles. The second kappa shape index (κ2) is 6.02. The van der Waals surface area contributed by atoms with Crippen LogP contribution in [0, 0.1) is 12.8 Å². The van der Waals surface area contributed by atoms with Crippen molar-refractivity contribution in [1.29, 1.82) is 0 Å². The highest BCUT2D eigenvalue weighted by Crippen LogP contribution is 2.23. The summed E-state index contributed by atoms with van der Waals surface area (Å²) < 4.78 is 5.09. The number of nitrogens with two attached hydrogens (primary N) is 1. The van der Waals surface area contributed by atoms with Crippen molar-refractivity contribution in [3.05, 3.63) is 15.8 Å². The lowest BCUT2D eigenvalue weighted by molar-refractivity contribution is 0.0870. The zero-order valence-electron chi connectivity index (χ0n) is 10.7. The van der Waals surface area contributed by atoms with Gasteiger partial charge in [-0.3, -0.25) is 4.79 Å². The van der Waals surface area contributed by atoms with Crippen molar-refractivity contribution in [3.8, 4) is 0 Å². The Labute approximate surface area is 106 Å². The van der Waals surface area contributed by atoms with Crippen LogP contribution in [0.3, 0.4) is 0 Å². The molecule has 0 radical (unpaired) electrons. The number of carbonyl (C=O) groups is 1. The molecule has 4 nitrogen and oxygen atoms in total. The first-order chi connectivity index (χ1) is 7.95. The predicted octanol–water partition coefficient (Wildman–Crippen LogP) is 2.04. The lowest BCUT2D eigenvalue weighted by Gasteiger charge is -2.21. The third kappa shape index (κ3) is 3.71. The number of thiophene rings is 1. The van der Waals surface area contributed by atoms with Gasteiger partial charge in [0.05, 0.1) is 17.5 Å². The molecule has 0 bridgehead atoms. The van der Waals surface area contributed by atoms with Crippen LogP contribution in [0.5, 0.6) is 0 Å². The second-order valence-corrected chi connectivity index (χ2v) is 5.66. The van der Waals surface area contributed by atoms with E-state index in [1.807, 2.05) is 6.92 Å². The molecule has 0 saturated carbocycles. The molecule has 96 valence electrons. The van der Waals surface area contributed by atoms with Crippen LogP contribution in [0.25, 0.3) is 0 Å². The Morgan fingerprint density at radius 2 is 2.24 bits per heavy atom. The number of ether oxygens (including phenoxy) is 1. The fourth-order valence-corrected chi connectivity index (χ4v) is 2.27. The normalized spacial score (nSPS) is 12.8. The molecule has 1 unspecified atom stereocenters. The number of methoxy groups -OCH3 is 1. The summed E-state index contributed by atoms with van der Waals surface area (Å²) in [5, 5.41) is 2.97. The average Bonchev–Trinajstić information content (AvgIpc) is 2.58. The first kappa shape index (κ1) is 14.0. The van der Waals surface area contributed by atoms with Crippen LogP contribution in [0.15, 0.2) is 6.07 Å². The van der Waals surface area contributed by atoms with Gasteiger partial charge < -0.3 is 15.8 Å². The summed E-state index contributed by atoms with van der Waals surface area (Å²) in [6.07, 6.45) is 0. The smallest absolute Gasteiger partial charge is 0.261 e. The van der Waals surface area contributed by atoms with Crippen molar-refractivity contribution in [2.75, 3.05) is 19.5 Å². The molecule has 1 atom stereocenters. The van der Waals surface area contributed by atoms with Gasteiger partial charge in [0.2, 0.25) is 0 Å². The number of carbonyl (C=O) groups excluding carboxylic acids is 1. The van der Waals surface area contributed by atoms with Crippen molar-refractivity contribution in [3.63, 3.8) is 0 Å². The second-order valence-electron chi connectivity index (χ2n) is 4.40. The van der Waals surface area contributed by atoms with Crippen molar-refractivity contribution in [1.82, 2.24) is 5.32 Å². The molecule has 0 fully saturated rings.